The minimum absolute atomic E-state index is 0.0870. The highest BCUT2D eigenvalue weighted by Gasteiger charge is 2.10. The van der Waals surface area contributed by atoms with E-state index in [4.69, 9.17) is 11.6 Å². The number of hydrogen-bond acceptors (Lipinski definition) is 2. The van der Waals surface area contributed by atoms with Crippen molar-refractivity contribution in [3.8, 4) is 0 Å². The number of nitrogens with zero attached hydrogens (tertiary/aromatic N) is 1. The van der Waals surface area contributed by atoms with Crippen molar-refractivity contribution in [3.05, 3.63) is 59.4 Å². The minimum Gasteiger partial charge on any atom is -0.365 e. The average Bonchev–Trinajstić information content (AvgIpc) is 2.43. The highest BCUT2D eigenvalue weighted by molar-refractivity contribution is 6.30. The summed E-state index contributed by atoms with van der Waals surface area (Å²) in [5.74, 6) is -0.817. The van der Waals surface area contributed by atoms with E-state index in [2.05, 4.69) is 5.32 Å². The molecule has 104 valence electrons. The van der Waals surface area contributed by atoms with Crippen molar-refractivity contribution < 1.29 is 9.18 Å². The lowest BCUT2D eigenvalue weighted by Gasteiger charge is -2.18. The summed E-state index contributed by atoms with van der Waals surface area (Å²) in [5.41, 5.74) is 0.998. The van der Waals surface area contributed by atoms with Gasteiger partial charge in [-0.2, -0.15) is 0 Å². The van der Waals surface area contributed by atoms with Gasteiger partial charge in [0.15, 0.2) is 0 Å². The van der Waals surface area contributed by atoms with E-state index >= 15 is 0 Å². The molecule has 0 aliphatic carbocycles. The van der Waals surface area contributed by atoms with E-state index in [0.717, 1.165) is 5.69 Å². The van der Waals surface area contributed by atoms with Gasteiger partial charge < -0.3 is 10.2 Å². The van der Waals surface area contributed by atoms with Gasteiger partial charge >= 0.3 is 0 Å². The quantitative estimate of drug-likeness (QED) is 0.934. The average molecular weight is 293 g/mol. The Hall–Kier alpha value is -2.07. The molecular weight excluding hydrogens is 279 g/mol. The van der Waals surface area contributed by atoms with Crippen LogP contribution in [0.5, 0.6) is 0 Å². The first kappa shape index (κ1) is 14.3. The molecule has 0 aromatic heterocycles. The normalized spacial score (nSPS) is 10.2. The Morgan fingerprint density at radius 3 is 2.65 bits per heavy atom. The van der Waals surface area contributed by atoms with Gasteiger partial charge in [-0.05, 0) is 30.3 Å². The Balaban J connectivity index is 2.01. The van der Waals surface area contributed by atoms with Crippen LogP contribution >= 0.6 is 11.6 Å². The fourth-order valence-corrected chi connectivity index (χ4v) is 1.94. The summed E-state index contributed by atoms with van der Waals surface area (Å²) in [6.45, 7) is 0.121. The number of hydrogen-bond donors (Lipinski definition) is 1. The van der Waals surface area contributed by atoms with Crippen LogP contribution in [0, 0.1) is 5.82 Å². The zero-order valence-electron chi connectivity index (χ0n) is 10.9. The minimum atomic E-state index is -0.509. The summed E-state index contributed by atoms with van der Waals surface area (Å²) >= 11 is 5.77. The summed E-state index contributed by atoms with van der Waals surface area (Å²) in [6, 6.07) is 13.5. The lowest BCUT2D eigenvalue weighted by molar-refractivity contribution is -0.114. The molecule has 1 N–H and O–H groups in total. The summed E-state index contributed by atoms with van der Waals surface area (Å²) in [4.78, 5) is 13.7. The van der Waals surface area contributed by atoms with Gasteiger partial charge in [-0.15, -0.1) is 0 Å². The Morgan fingerprint density at radius 1 is 1.25 bits per heavy atom. The second-order valence-corrected chi connectivity index (χ2v) is 4.80. The molecule has 2 aromatic rings. The SMILES string of the molecule is CN(CC(=O)Nc1cc(Cl)ccc1F)c1ccccc1. The molecule has 2 aromatic carbocycles. The maximum atomic E-state index is 13.5. The van der Waals surface area contributed by atoms with Crippen LogP contribution in [0.15, 0.2) is 48.5 Å². The van der Waals surface area contributed by atoms with Gasteiger partial charge in [-0.25, -0.2) is 4.39 Å². The second kappa shape index (κ2) is 6.39. The van der Waals surface area contributed by atoms with Gasteiger partial charge in [0.1, 0.15) is 5.82 Å². The van der Waals surface area contributed by atoms with Crippen LogP contribution in [0.3, 0.4) is 0 Å². The van der Waals surface area contributed by atoms with E-state index in [1.54, 1.807) is 11.9 Å². The van der Waals surface area contributed by atoms with Gasteiger partial charge in [0.2, 0.25) is 5.91 Å². The Bertz CT molecular complexity index is 604. The zero-order valence-corrected chi connectivity index (χ0v) is 11.7. The molecule has 0 saturated heterocycles. The van der Waals surface area contributed by atoms with Crippen LogP contribution in [0.1, 0.15) is 0 Å². The topological polar surface area (TPSA) is 32.3 Å². The second-order valence-electron chi connectivity index (χ2n) is 4.36. The van der Waals surface area contributed by atoms with E-state index in [9.17, 15) is 9.18 Å². The number of benzene rings is 2. The van der Waals surface area contributed by atoms with Crippen molar-refractivity contribution in [2.45, 2.75) is 0 Å². The Morgan fingerprint density at radius 2 is 1.95 bits per heavy atom. The van der Waals surface area contributed by atoms with Gasteiger partial charge in [0.25, 0.3) is 0 Å². The molecule has 0 aliphatic rings. The summed E-state index contributed by atoms with van der Waals surface area (Å²) < 4.78 is 13.5. The van der Waals surface area contributed by atoms with E-state index in [1.807, 2.05) is 30.3 Å². The number of amides is 1. The molecule has 0 bridgehead atoms. The monoisotopic (exact) mass is 292 g/mol. The molecule has 3 nitrogen and oxygen atoms in total. The first-order valence-electron chi connectivity index (χ1n) is 6.07. The van der Waals surface area contributed by atoms with Crippen molar-refractivity contribution >= 4 is 28.9 Å². The highest BCUT2D eigenvalue weighted by Crippen LogP contribution is 2.19. The molecule has 0 atom stereocenters. The number of carbonyl (C=O) groups is 1. The smallest absolute Gasteiger partial charge is 0.243 e. The molecule has 0 unspecified atom stereocenters. The van der Waals surface area contributed by atoms with Crippen LogP contribution in [0.25, 0.3) is 0 Å². The molecule has 5 heteroatoms. The van der Waals surface area contributed by atoms with Crippen LogP contribution in [0.4, 0.5) is 15.8 Å². The number of anilines is 2. The number of carbonyl (C=O) groups excluding carboxylic acids is 1. The molecule has 0 aliphatic heterocycles. The van der Waals surface area contributed by atoms with E-state index in [0.29, 0.717) is 5.02 Å². The maximum absolute atomic E-state index is 13.5. The van der Waals surface area contributed by atoms with Crippen molar-refractivity contribution in [1.82, 2.24) is 0 Å². The summed E-state index contributed by atoms with van der Waals surface area (Å²) in [6.07, 6.45) is 0. The summed E-state index contributed by atoms with van der Waals surface area (Å²) in [7, 11) is 1.79. The standard InChI is InChI=1S/C15H14ClFN2O/c1-19(12-5-3-2-4-6-12)10-15(20)18-14-9-11(16)7-8-13(14)17/h2-9H,10H2,1H3,(H,18,20). The fourth-order valence-electron chi connectivity index (χ4n) is 1.77. The molecule has 2 rings (SSSR count). The van der Waals surface area contributed by atoms with Crippen LogP contribution in [-0.4, -0.2) is 19.5 Å². The number of likely N-dealkylation sites (N-methyl/N-ethyl adjacent to an activating group) is 1. The van der Waals surface area contributed by atoms with Crippen molar-refractivity contribution in [2.75, 3.05) is 23.8 Å². The molecule has 20 heavy (non-hydrogen) atoms. The Kier molecular flexibility index (Phi) is 4.58. The lowest BCUT2D eigenvalue weighted by atomic mass is 10.3. The highest BCUT2D eigenvalue weighted by atomic mass is 35.5. The van der Waals surface area contributed by atoms with Crippen molar-refractivity contribution in [2.24, 2.45) is 0 Å². The third-order valence-corrected chi connectivity index (χ3v) is 3.02. The molecule has 0 saturated carbocycles. The van der Waals surface area contributed by atoms with E-state index in [1.165, 1.54) is 18.2 Å². The van der Waals surface area contributed by atoms with E-state index in [-0.39, 0.29) is 18.1 Å². The largest absolute Gasteiger partial charge is 0.365 e. The maximum Gasteiger partial charge on any atom is 0.243 e. The fraction of sp³-hybridized carbons (Fsp3) is 0.133. The first-order chi connectivity index (χ1) is 9.56. The molecule has 0 fully saturated rings. The predicted octanol–water partition coefficient (Wildman–Crippen LogP) is 3.55. The van der Waals surface area contributed by atoms with Crippen molar-refractivity contribution in [3.63, 3.8) is 0 Å². The number of para-hydroxylation sites is 1. The predicted molar refractivity (Wildman–Crippen MR) is 79.8 cm³/mol. The van der Waals surface area contributed by atoms with Crippen molar-refractivity contribution in [1.29, 1.82) is 0 Å². The zero-order chi connectivity index (χ0) is 14.5. The first-order valence-corrected chi connectivity index (χ1v) is 6.45. The lowest BCUT2D eigenvalue weighted by Crippen LogP contribution is -2.30. The number of nitrogens with one attached hydrogen (secondary N) is 1. The molecule has 1 amide bonds. The van der Waals surface area contributed by atoms with Gasteiger partial charge in [0, 0.05) is 17.8 Å². The van der Waals surface area contributed by atoms with Gasteiger partial charge in [-0.1, -0.05) is 29.8 Å². The molecule has 0 spiro atoms. The van der Waals surface area contributed by atoms with Gasteiger partial charge in [-0.3, -0.25) is 4.79 Å². The summed E-state index contributed by atoms with van der Waals surface area (Å²) in [5, 5.41) is 2.88. The molecule has 0 radical (unpaired) electrons. The van der Waals surface area contributed by atoms with Gasteiger partial charge in [0.05, 0.1) is 12.2 Å². The third kappa shape index (κ3) is 3.71. The van der Waals surface area contributed by atoms with E-state index < -0.39 is 5.82 Å². The van der Waals surface area contributed by atoms with Crippen LogP contribution < -0.4 is 10.2 Å². The van der Waals surface area contributed by atoms with Crippen LogP contribution in [0.2, 0.25) is 5.02 Å². The Labute approximate surface area is 122 Å². The molecule has 0 heterocycles. The van der Waals surface area contributed by atoms with Crippen LogP contribution in [-0.2, 0) is 4.79 Å². The number of halogens is 2. The third-order valence-electron chi connectivity index (χ3n) is 2.78. The molecular formula is C15H14ClFN2O. The number of rotatable bonds is 4.